The zero-order chi connectivity index (χ0) is 13.8. The summed E-state index contributed by atoms with van der Waals surface area (Å²) in [6.45, 7) is 6.27. The Morgan fingerprint density at radius 2 is 1.83 bits per heavy atom. The summed E-state index contributed by atoms with van der Waals surface area (Å²) in [6.07, 6.45) is 2.00. The van der Waals surface area contributed by atoms with Gasteiger partial charge >= 0.3 is 5.97 Å². The topological polar surface area (TPSA) is 46.5 Å². The number of hydrogen-bond acceptors (Lipinski definition) is 2. The fourth-order valence-electron chi connectivity index (χ4n) is 1.76. The molecule has 0 amide bonds. The third kappa shape index (κ3) is 4.62. The molecule has 1 aromatic carbocycles. The predicted molar refractivity (Wildman–Crippen MR) is 72.7 cm³/mol. The van der Waals surface area contributed by atoms with Gasteiger partial charge in [-0.15, -0.1) is 0 Å². The van der Waals surface area contributed by atoms with E-state index in [2.05, 4.69) is 20.8 Å². The number of carbonyl (C=O) groups is 1. The van der Waals surface area contributed by atoms with Gasteiger partial charge in [-0.2, -0.15) is 0 Å². The highest BCUT2D eigenvalue weighted by Crippen LogP contribution is 2.31. The summed E-state index contributed by atoms with van der Waals surface area (Å²) in [5.41, 5.74) is 1.80. The number of hydrogen-bond donors (Lipinski definition) is 1. The van der Waals surface area contributed by atoms with Gasteiger partial charge in [0.05, 0.1) is 7.11 Å². The number of rotatable bonds is 4. The predicted octanol–water partition coefficient (Wildman–Crippen LogP) is 3.60. The lowest BCUT2D eigenvalue weighted by Gasteiger charge is -2.20. The van der Waals surface area contributed by atoms with Crippen LogP contribution in [0, 0.1) is 5.41 Å². The molecule has 0 saturated heterocycles. The van der Waals surface area contributed by atoms with Crippen LogP contribution in [0.4, 0.5) is 0 Å². The van der Waals surface area contributed by atoms with Crippen LogP contribution in [0.2, 0.25) is 0 Å². The number of methoxy groups -OCH3 is 1. The van der Waals surface area contributed by atoms with Gasteiger partial charge in [-0.1, -0.05) is 32.9 Å². The molecular formula is C15H20O3. The maximum atomic E-state index is 10.9. The first kappa shape index (κ1) is 14.3. The molecule has 3 heteroatoms. The van der Waals surface area contributed by atoms with Crippen molar-refractivity contribution < 1.29 is 14.6 Å². The van der Waals surface area contributed by atoms with Crippen LogP contribution < -0.4 is 4.74 Å². The smallest absolute Gasteiger partial charge is 0.328 e. The first-order valence-corrected chi connectivity index (χ1v) is 5.90. The van der Waals surface area contributed by atoms with Crippen LogP contribution >= 0.6 is 0 Å². The lowest BCUT2D eigenvalue weighted by atomic mass is 9.85. The van der Waals surface area contributed by atoms with Crippen LogP contribution in [0.5, 0.6) is 5.75 Å². The van der Waals surface area contributed by atoms with Gasteiger partial charge in [0, 0.05) is 6.08 Å². The van der Waals surface area contributed by atoms with E-state index in [9.17, 15) is 4.79 Å². The minimum atomic E-state index is -0.912. The van der Waals surface area contributed by atoms with Gasteiger partial charge in [0.1, 0.15) is 5.75 Å². The second-order valence-corrected chi connectivity index (χ2v) is 5.47. The Balaban J connectivity index is 3.06. The fraction of sp³-hybridized carbons (Fsp3) is 0.400. The largest absolute Gasteiger partial charge is 0.497 e. The van der Waals surface area contributed by atoms with Gasteiger partial charge in [-0.05, 0) is 35.1 Å². The summed E-state index contributed by atoms with van der Waals surface area (Å²) in [4.78, 5) is 10.9. The van der Waals surface area contributed by atoms with Crippen LogP contribution in [-0.4, -0.2) is 18.2 Å². The molecular weight excluding hydrogens is 228 g/mol. The van der Waals surface area contributed by atoms with Crippen LogP contribution in [-0.2, 0) is 4.79 Å². The molecule has 0 unspecified atom stereocenters. The number of benzene rings is 1. The highest BCUT2D eigenvalue weighted by Gasteiger charge is 2.15. The molecule has 0 aliphatic carbocycles. The van der Waals surface area contributed by atoms with E-state index in [1.54, 1.807) is 7.11 Å². The van der Waals surface area contributed by atoms with Gasteiger partial charge in [0.15, 0.2) is 0 Å². The van der Waals surface area contributed by atoms with Crippen LogP contribution in [0.3, 0.4) is 0 Å². The van der Waals surface area contributed by atoms with E-state index in [4.69, 9.17) is 9.84 Å². The number of carboxylic acid groups (broad SMARTS) is 1. The number of allylic oxidation sites excluding steroid dienone is 1. The van der Waals surface area contributed by atoms with Gasteiger partial charge in [0.25, 0.3) is 0 Å². The van der Waals surface area contributed by atoms with E-state index in [-0.39, 0.29) is 5.41 Å². The average Bonchev–Trinajstić information content (AvgIpc) is 2.26. The van der Waals surface area contributed by atoms with Crippen molar-refractivity contribution in [3.8, 4) is 5.75 Å². The Bertz CT molecular complexity index is 436. The molecule has 0 aliphatic heterocycles. The molecule has 0 heterocycles. The molecule has 0 aromatic heterocycles. The molecule has 0 radical (unpaired) electrons. The highest BCUT2D eigenvalue weighted by atomic mass is 16.5. The van der Waals surface area contributed by atoms with Crippen molar-refractivity contribution >= 4 is 11.5 Å². The molecule has 0 spiro atoms. The molecule has 0 bridgehead atoms. The molecule has 1 rings (SSSR count). The van der Waals surface area contributed by atoms with E-state index < -0.39 is 5.97 Å². The maximum absolute atomic E-state index is 10.9. The Kier molecular flexibility index (Phi) is 4.54. The molecule has 0 aliphatic rings. The zero-order valence-corrected chi connectivity index (χ0v) is 11.4. The van der Waals surface area contributed by atoms with Crippen LogP contribution in [0.1, 0.15) is 32.8 Å². The fourth-order valence-corrected chi connectivity index (χ4v) is 1.76. The summed E-state index contributed by atoms with van der Waals surface area (Å²) >= 11 is 0. The number of aliphatic carboxylic acids is 1. The zero-order valence-electron chi connectivity index (χ0n) is 11.4. The average molecular weight is 248 g/mol. The number of ether oxygens (including phenoxy) is 1. The van der Waals surface area contributed by atoms with E-state index in [1.165, 1.54) is 6.08 Å². The molecule has 0 fully saturated rings. The lowest BCUT2D eigenvalue weighted by Crippen LogP contribution is -2.07. The quantitative estimate of drug-likeness (QED) is 0.828. The van der Waals surface area contributed by atoms with Gasteiger partial charge in [-0.25, -0.2) is 4.79 Å². The lowest BCUT2D eigenvalue weighted by molar-refractivity contribution is -0.131. The van der Waals surface area contributed by atoms with Crippen molar-refractivity contribution in [3.63, 3.8) is 0 Å². The second-order valence-electron chi connectivity index (χ2n) is 5.47. The molecule has 18 heavy (non-hydrogen) atoms. The third-order valence-electron chi connectivity index (χ3n) is 2.48. The monoisotopic (exact) mass is 248 g/mol. The second kappa shape index (κ2) is 5.71. The van der Waals surface area contributed by atoms with Crippen LogP contribution in [0.15, 0.2) is 30.3 Å². The van der Waals surface area contributed by atoms with Crippen molar-refractivity contribution in [1.29, 1.82) is 0 Å². The maximum Gasteiger partial charge on any atom is 0.328 e. The van der Waals surface area contributed by atoms with Crippen molar-refractivity contribution in [2.75, 3.05) is 7.11 Å². The first-order chi connectivity index (χ1) is 8.31. The summed E-state index contributed by atoms with van der Waals surface area (Å²) in [5, 5.41) is 8.94. The number of carboxylic acids is 1. The normalized spacial score (nSPS) is 12.3. The van der Waals surface area contributed by atoms with Crippen LogP contribution in [0.25, 0.3) is 5.57 Å². The third-order valence-corrected chi connectivity index (χ3v) is 2.48. The Morgan fingerprint density at radius 1 is 1.28 bits per heavy atom. The minimum absolute atomic E-state index is 0.0429. The molecule has 0 saturated carbocycles. The molecule has 98 valence electrons. The van der Waals surface area contributed by atoms with Crippen molar-refractivity contribution in [3.05, 3.63) is 35.9 Å². The van der Waals surface area contributed by atoms with E-state index in [1.807, 2.05) is 24.3 Å². The minimum Gasteiger partial charge on any atom is -0.497 e. The van der Waals surface area contributed by atoms with Gasteiger partial charge in [-0.3, -0.25) is 0 Å². The van der Waals surface area contributed by atoms with E-state index in [0.717, 1.165) is 16.9 Å². The Labute approximate surface area is 108 Å². The Hall–Kier alpha value is -1.77. The van der Waals surface area contributed by atoms with Gasteiger partial charge in [0.2, 0.25) is 0 Å². The summed E-state index contributed by atoms with van der Waals surface area (Å²) < 4.78 is 5.10. The summed E-state index contributed by atoms with van der Waals surface area (Å²) in [7, 11) is 1.61. The molecule has 1 aromatic rings. The standard InChI is InChI=1S/C15H20O3/c1-15(2,3)10-12(9-14(16)17)11-5-7-13(18-4)8-6-11/h5-9H,10H2,1-4H3,(H,16,17)/b12-9-. The highest BCUT2D eigenvalue weighted by molar-refractivity contribution is 5.90. The summed E-state index contributed by atoms with van der Waals surface area (Å²) in [5.74, 6) is -0.144. The van der Waals surface area contributed by atoms with E-state index >= 15 is 0 Å². The molecule has 3 nitrogen and oxygen atoms in total. The Morgan fingerprint density at radius 3 is 2.22 bits per heavy atom. The van der Waals surface area contributed by atoms with Gasteiger partial charge < -0.3 is 9.84 Å². The summed E-state index contributed by atoms with van der Waals surface area (Å²) in [6, 6.07) is 7.46. The molecule has 0 atom stereocenters. The SMILES string of the molecule is COc1ccc(/C(=C\C(=O)O)CC(C)(C)C)cc1. The van der Waals surface area contributed by atoms with E-state index in [0.29, 0.717) is 6.42 Å². The van der Waals surface area contributed by atoms with Crippen molar-refractivity contribution in [2.45, 2.75) is 27.2 Å². The molecule has 1 N–H and O–H groups in total. The van der Waals surface area contributed by atoms with Crippen molar-refractivity contribution in [2.24, 2.45) is 5.41 Å². The first-order valence-electron chi connectivity index (χ1n) is 5.90. The van der Waals surface area contributed by atoms with Crippen molar-refractivity contribution in [1.82, 2.24) is 0 Å².